The molecule has 7 heteroatoms. The molecule has 0 radical (unpaired) electrons. The van der Waals surface area contributed by atoms with Crippen LogP contribution in [0.15, 0.2) is 65.1 Å². The molecule has 1 amide bonds. The Labute approximate surface area is 161 Å². The standard InChI is InChI=1S/C21H19NO6/c1-14-11-16(26-13-17-8-10-19(28-17)20(23)24)7-9-18(14)22-21(25)27-12-15-5-3-2-4-6-15/h2-11H,12-13H2,1H3,(H,22,25)(H,23,24). The number of amides is 1. The SMILES string of the molecule is Cc1cc(OCc2ccc(C(=O)O)o2)ccc1NC(=O)OCc1ccccc1. The highest BCUT2D eigenvalue weighted by Crippen LogP contribution is 2.23. The monoisotopic (exact) mass is 381 g/mol. The van der Waals surface area contributed by atoms with E-state index in [4.69, 9.17) is 19.0 Å². The fourth-order valence-corrected chi connectivity index (χ4v) is 2.46. The number of hydrogen-bond donors (Lipinski definition) is 2. The second kappa shape index (κ2) is 8.77. The number of carboxylic acids is 1. The molecular formula is C21H19NO6. The Morgan fingerprint density at radius 2 is 1.82 bits per heavy atom. The van der Waals surface area contributed by atoms with Gasteiger partial charge in [-0.05, 0) is 48.4 Å². The van der Waals surface area contributed by atoms with Gasteiger partial charge in [-0.15, -0.1) is 0 Å². The molecule has 0 saturated carbocycles. The van der Waals surface area contributed by atoms with Crippen molar-refractivity contribution in [1.82, 2.24) is 0 Å². The molecule has 0 fully saturated rings. The van der Waals surface area contributed by atoms with E-state index in [1.165, 1.54) is 6.07 Å². The van der Waals surface area contributed by atoms with Crippen LogP contribution < -0.4 is 10.1 Å². The molecule has 0 aliphatic heterocycles. The highest BCUT2D eigenvalue weighted by atomic mass is 16.5. The van der Waals surface area contributed by atoms with E-state index in [0.717, 1.165) is 11.1 Å². The van der Waals surface area contributed by atoms with E-state index in [9.17, 15) is 9.59 Å². The molecule has 0 aliphatic carbocycles. The number of anilines is 1. The van der Waals surface area contributed by atoms with Crippen LogP contribution in [0.2, 0.25) is 0 Å². The summed E-state index contributed by atoms with van der Waals surface area (Å²) in [6.45, 7) is 2.11. The van der Waals surface area contributed by atoms with Gasteiger partial charge in [0.15, 0.2) is 0 Å². The molecule has 1 aromatic heterocycles. The predicted octanol–water partition coefficient (Wildman–Crippen LogP) is 4.61. The molecule has 0 saturated heterocycles. The van der Waals surface area contributed by atoms with Gasteiger partial charge in [0.05, 0.1) is 0 Å². The van der Waals surface area contributed by atoms with Crippen molar-refractivity contribution in [2.24, 2.45) is 0 Å². The van der Waals surface area contributed by atoms with Crippen molar-refractivity contribution in [3.05, 3.63) is 83.3 Å². The number of nitrogens with one attached hydrogen (secondary N) is 1. The summed E-state index contributed by atoms with van der Waals surface area (Å²) in [5.41, 5.74) is 2.30. The van der Waals surface area contributed by atoms with Crippen molar-refractivity contribution >= 4 is 17.7 Å². The molecule has 3 aromatic rings. The summed E-state index contributed by atoms with van der Waals surface area (Å²) in [5.74, 6) is -0.296. The summed E-state index contributed by atoms with van der Waals surface area (Å²) in [5, 5.41) is 11.5. The highest BCUT2D eigenvalue weighted by Gasteiger charge is 2.10. The van der Waals surface area contributed by atoms with Crippen molar-refractivity contribution in [2.75, 3.05) is 5.32 Å². The summed E-state index contributed by atoms with van der Waals surface area (Å²) < 4.78 is 15.9. The average Bonchev–Trinajstić information content (AvgIpc) is 3.17. The van der Waals surface area contributed by atoms with Crippen molar-refractivity contribution in [2.45, 2.75) is 20.1 Å². The maximum atomic E-state index is 12.0. The van der Waals surface area contributed by atoms with Gasteiger partial charge in [-0.25, -0.2) is 9.59 Å². The Kier molecular flexibility index (Phi) is 5.96. The second-order valence-electron chi connectivity index (χ2n) is 6.02. The zero-order valence-electron chi connectivity index (χ0n) is 15.2. The molecule has 3 rings (SSSR count). The van der Waals surface area contributed by atoms with Crippen LogP contribution in [0.1, 0.15) is 27.4 Å². The topological polar surface area (TPSA) is 98.0 Å². The van der Waals surface area contributed by atoms with Crippen LogP contribution >= 0.6 is 0 Å². The molecule has 28 heavy (non-hydrogen) atoms. The summed E-state index contributed by atoms with van der Waals surface area (Å²) in [4.78, 5) is 22.8. The van der Waals surface area contributed by atoms with Crippen LogP contribution in [0, 0.1) is 6.92 Å². The average molecular weight is 381 g/mol. The lowest BCUT2D eigenvalue weighted by Gasteiger charge is -2.11. The van der Waals surface area contributed by atoms with Crippen LogP contribution in [0.25, 0.3) is 0 Å². The number of carboxylic acid groups (broad SMARTS) is 1. The zero-order chi connectivity index (χ0) is 19.9. The van der Waals surface area contributed by atoms with Crippen LogP contribution in [-0.2, 0) is 18.0 Å². The molecule has 144 valence electrons. The summed E-state index contributed by atoms with van der Waals surface area (Å²) >= 11 is 0. The minimum absolute atomic E-state index is 0.0958. The fourth-order valence-electron chi connectivity index (χ4n) is 2.46. The maximum absolute atomic E-state index is 12.0. The first-order valence-corrected chi connectivity index (χ1v) is 8.54. The summed E-state index contributed by atoms with van der Waals surface area (Å²) in [6, 6.07) is 17.5. The Hall–Kier alpha value is -3.74. The first-order valence-electron chi connectivity index (χ1n) is 8.54. The van der Waals surface area contributed by atoms with Crippen molar-refractivity contribution in [3.63, 3.8) is 0 Å². The van der Waals surface area contributed by atoms with Gasteiger partial charge < -0.3 is 19.0 Å². The zero-order valence-corrected chi connectivity index (χ0v) is 15.2. The third-order valence-electron chi connectivity index (χ3n) is 3.90. The number of benzene rings is 2. The molecule has 0 spiro atoms. The molecule has 0 unspecified atom stereocenters. The van der Waals surface area contributed by atoms with Crippen LogP contribution in [0.3, 0.4) is 0 Å². The Morgan fingerprint density at radius 1 is 1.04 bits per heavy atom. The van der Waals surface area contributed by atoms with Gasteiger partial charge in [0.25, 0.3) is 0 Å². The molecule has 0 atom stereocenters. The number of carbonyl (C=O) groups is 2. The number of aryl methyl sites for hydroxylation is 1. The van der Waals surface area contributed by atoms with Gasteiger partial charge >= 0.3 is 12.1 Å². The number of aromatic carboxylic acids is 1. The van der Waals surface area contributed by atoms with Gasteiger partial charge in [-0.3, -0.25) is 5.32 Å². The predicted molar refractivity (Wildman–Crippen MR) is 101 cm³/mol. The Morgan fingerprint density at radius 3 is 2.50 bits per heavy atom. The third kappa shape index (κ3) is 5.14. The van der Waals surface area contributed by atoms with E-state index in [-0.39, 0.29) is 19.0 Å². The molecule has 2 N–H and O–H groups in total. The van der Waals surface area contributed by atoms with Crippen LogP contribution in [0.5, 0.6) is 5.75 Å². The minimum Gasteiger partial charge on any atom is -0.486 e. The smallest absolute Gasteiger partial charge is 0.411 e. The van der Waals surface area contributed by atoms with Crippen LogP contribution in [0.4, 0.5) is 10.5 Å². The molecule has 1 heterocycles. The first-order chi connectivity index (χ1) is 13.5. The van der Waals surface area contributed by atoms with Gasteiger partial charge in [0, 0.05) is 5.69 Å². The molecule has 2 aromatic carbocycles. The van der Waals surface area contributed by atoms with E-state index in [2.05, 4.69) is 5.32 Å². The number of ether oxygens (including phenoxy) is 2. The minimum atomic E-state index is -1.13. The lowest BCUT2D eigenvalue weighted by atomic mass is 10.2. The third-order valence-corrected chi connectivity index (χ3v) is 3.90. The molecule has 0 aliphatic rings. The van der Waals surface area contributed by atoms with Crippen molar-refractivity contribution in [1.29, 1.82) is 0 Å². The lowest BCUT2D eigenvalue weighted by Crippen LogP contribution is -2.14. The Bertz CT molecular complexity index is 964. The number of carbonyl (C=O) groups excluding carboxylic acids is 1. The summed E-state index contributed by atoms with van der Waals surface area (Å²) in [6.07, 6.45) is -0.544. The lowest BCUT2D eigenvalue weighted by molar-refractivity contribution is 0.0658. The number of rotatable bonds is 7. The summed E-state index contributed by atoms with van der Waals surface area (Å²) in [7, 11) is 0. The molecule has 7 nitrogen and oxygen atoms in total. The second-order valence-corrected chi connectivity index (χ2v) is 6.02. The van der Waals surface area contributed by atoms with Crippen molar-refractivity contribution < 1.29 is 28.6 Å². The van der Waals surface area contributed by atoms with Gasteiger partial charge in [-0.2, -0.15) is 0 Å². The van der Waals surface area contributed by atoms with E-state index in [1.807, 2.05) is 37.3 Å². The maximum Gasteiger partial charge on any atom is 0.411 e. The largest absolute Gasteiger partial charge is 0.486 e. The van der Waals surface area contributed by atoms with Gasteiger partial charge in [0.2, 0.25) is 5.76 Å². The quantitative estimate of drug-likeness (QED) is 0.620. The molecule has 0 bridgehead atoms. The number of furan rings is 1. The Balaban J connectivity index is 1.52. The first kappa shape index (κ1) is 19.0. The van der Waals surface area contributed by atoms with E-state index in [0.29, 0.717) is 17.2 Å². The number of hydrogen-bond acceptors (Lipinski definition) is 5. The normalized spacial score (nSPS) is 10.3. The fraction of sp³-hybridized carbons (Fsp3) is 0.143. The van der Waals surface area contributed by atoms with E-state index < -0.39 is 12.1 Å². The molecular weight excluding hydrogens is 362 g/mol. The van der Waals surface area contributed by atoms with Gasteiger partial charge in [0.1, 0.15) is 24.7 Å². The van der Waals surface area contributed by atoms with Crippen molar-refractivity contribution in [3.8, 4) is 5.75 Å². The van der Waals surface area contributed by atoms with E-state index in [1.54, 1.807) is 24.3 Å². The highest BCUT2D eigenvalue weighted by molar-refractivity contribution is 5.85. The van der Waals surface area contributed by atoms with E-state index >= 15 is 0 Å². The van der Waals surface area contributed by atoms with Gasteiger partial charge in [-0.1, -0.05) is 30.3 Å². The van der Waals surface area contributed by atoms with Crippen LogP contribution in [-0.4, -0.2) is 17.2 Å².